The standard InChI is InChI=1S/C9H10N4OS/c1-5-2-3-6-7(4-5)12-9(11-6)15-13-8(10)14/h2-4H,1H3,(H,11,12)(H3,10,13,14). The third-order valence-corrected chi connectivity index (χ3v) is 2.55. The van der Waals surface area contributed by atoms with Crippen molar-refractivity contribution in [2.24, 2.45) is 5.73 Å². The Hall–Kier alpha value is -1.69. The zero-order valence-corrected chi connectivity index (χ0v) is 8.89. The van der Waals surface area contributed by atoms with E-state index < -0.39 is 6.03 Å². The summed E-state index contributed by atoms with van der Waals surface area (Å²) in [5.74, 6) is 0. The van der Waals surface area contributed by atoms with E-state index in [9.17, 15) is 4.79 Å². The normalized spacial score (nSPS) is 10.5. The van der Waals surface area contributed by atoms with E-state index in [0.717, 1.165) is 28.5 Å². The summed E-state index contributed by atoms with van der Waals surface area (Å²) in [4.78, 5) is 17.8. The molecule has 0 aliphatic heterocycles. The lowest BCUT2D eigenvalue weighted by atomic mass is 10.2. The highest BCUT2D eigenvalue weighted by molar-refractivity contribution is 7.97. The van der Waals surface area contributed by atoms with Gasteiger partial charge in [0.05, 0.1) is 11.0 Å². The molecular weight excluding hydrogens is 212 g/mol. The minimum absolute atomic E-state index is 0.586. The van der Waals surface area contributed by atoms with Crippen molar-refractivity contribution in [1.29, 1.82) is 0 Å². The average molecular weight is 222 g/mol. The summed E-state index contributed by atoms with van der Waals surface area (Å²) in [6.45, 7) is 2.01. The number of benzene rings is 1. The third kappa shape index (κ3) is 2.21. The van der Waals surface area contributed by atoms with Gasteiger partial charge in [-0.1, -0.05) is 6.07 Å². The number of aromatic nitrogens is 2. The molecule has 2 aromatic rings. The van der Waals surface area contributed by atoms with Crippen molar-refractivity contribution in [3.63, 3.8) is 0 Å². The molecule has 2 rings (SSSR count). The van der Waals surface area contributed by atoms with E-state index >= 15 is 0 Å². The molecule has 78 valence electrons. The second-order valence-electron chi connectivity index (χ2n) is 3.13. The van der Waals surface area contributed by atoms with Crippen LogP contribution in [0.2, 0.25) is 0 Å². The van der Waals surface area contributed by atoms with E-state index in [0.29, 0.717) is 5.16 Å². The van der Waals surface area contributed by atoms with Crippen LogP contribution in [0.5, 0.6) is 0 Å². The van der Waals surface area contributed by atoms with E-state index in [4.69, 9.17) is 5.73 Å². The van der Waals surface area contributed by atoms with Gasteiger partial charge in [-0.3, -0.25) is 4.72 Å². The van der Waals surface area contributed by atoms with Crippen molar-refractivity contribution in [2.75, 3.05) is 0 Å². The molecule has 1 aromatic heterocycles. The van der Waals surface area contributed by atoms with Crippen LogP contribution in [0.4, 0.5) is 4.79 Å². The van der Waals surface area contributed by atoms with Gasteiger partial charge in [0, 0.05) is 11.9 Å². The molecule has 0 bridgehead atoms. The topological polar surface area (TPSA) is 83.8 Å². The fourth-order valence-electron chi connectivity index (χ4n) is 1.25. The van der Waals surface area contributed by atoms with Gasteiger partial charge >= 0.3 is 6.03 Å². The van der Waals surface area contributed by atoms with E-state index in [1.807, 2.05) is 25.1 Å². The van der Waals surface area contributed by atoms with Crippen LogP contribution in [0.25, 0.3) is 11.0 Å². The van der Waals surface area contributed by atoms with E-state index in [1.165, 1.54) is 0 Å². The largest absolute Gasteiger partial charge is 0.351 e. The number of hydrogen-bond donors (Lipinski definition) is 3. The number of aromatic amines is 1. The molecule has 0 saturated carbocycles. The number of carbonyl (C=O) groups is 1. The van der Waals surface area contributed by atoms with Gasteiger partial charge in [0.1, 0.15) is 0 Å². The Balaban J connectivity index is 2.27. The van der Waals surface area contributed by atoms with Crippen molar-refractivity contribution in [2.45, 2.75) is 12.1 Å². The number of nitrogens with zero attached hydrogens (tertiary/aromatic N) is 1. The fraction of sp³-hybridized carbons (Fsp3) is 0.111. The quantitative estimate of drug-likeness (QED) is 0.674. The molecule has 4 N–H and O–H groups in total. The average Bonchev–Trinajstić information content (AvgIpc) is 2.56. The number of urea groups is 1. The molecule has 5 nitrogen and oxygen atoms in total. The summed E-state index contributed by atoms with van der Waals surface area (Å²) in [7, 11) is 0. The van der Waals surface area contributed by atoms with Crippen molar-refractivity contribution < 1.29 is 4.79 Å². The number of H-pyrrole nitrogens is 1. The number of aryl methyl sites for hydroxylation is 1. The van der Waals surface area contributed by atoms with Crippen LogP contribution in [0, 0.1) is 6.92 Å². The first-order chi connectivity index (χ1) is 7.15. The second kappa shape index (κ2) is 3.82. The lowest BCUT2D eigenvalue weighted by Crippen LogP contribution is -2.22. The van der Waals surface area contributed by atoms with Crippen LogP contribution in [-0.4, -0.2) is 16.0 Å². The van der Waals surface area contributed by atoms with E-state index in [1.54, 1.807) is 0 Å². The molecule has 0 spiro atoms. The van der Waals surface area contributed by atoms with Crippen LogP contribution in [0.15, 0.2) is 23.4 Å². The number of nitrogens with one attached hydrogen (secondary N) is 2. The highest BCUT2D eigenvalue weighted by Crippen LogP contribution is 2.17. The molecule has 0 radical (unpaired) electrons. The highest BCUT2D eigenvalue weighted by atomic mass is 32.2. The maximum absolute atomic E-state index is 10.5. The van der Waals surface area contributed by atoms with Crippen LogP contribution in [-0.2, 0) is 0 Å². The smallest absolute Gasteiger partial charge is 0.322 e. The van der Waals surface area contributed by atoms with Gasteiger partial charge in [-0.25, -0.2) is 9.78 Å². The molecule has 1 heterocycles. The molecular formula is C9H10N4OS. The third-order valence-electron chi connectivity index (χ3n) is 1.86. The predicted octanol–water partition coefficient (Wildman–Crippen LogP) is 1.55. The van der Waals surface area contributed by atoms with Gasteiger partial charge in [0.15, 0.2) is 5.16 Å². The minimum Gasteiger partial charge on any atom is -0.351 e. The lowest BCUT2D eigenvalue weighted by molar-refractivity contribution is 0.254. The maximum Gasteiger partial charge on any atom is 0.322 e. The van der Waals surface area contributed by atoms with Gasteiger partial charge in [-0.2, -0.15) is 0 Å². The number of primary amides is 1. The number of hydrogen-bond acceptors (Lipinski definition) is 3. The zero-order chi connectivity index (χ0) is 10.8. The fourth-order valence-corrected chi connectivity index (χ4v) is 1.75. The molecule has 0 atom stereocenters. The predicted molar refractivity (Wildman–Crippen MR) is 59.4 cm³/mol. The molecule has 2 amide bonds. The molecule has 1 aromatic carbocycles. The summed E-state index contributed by atoms with van der Waals surface area (Å²) in [5.41, 5.74) is 7.92. The number of amides is 2. The van der Waals surface area contributed by atoms with Gasteiger partial charge in [-0.05, 0) is 24.6 Å². The molecule has 0 aliphatic rings. The summed E-state index contributed by atoms with van der Waals surface area (Å²) in [5, 5.41) is 0.620. The highest BCUT2D eigenvalue weighted by Gasteiger charge is 2.03. The Morgan fingerprint density at radius 3 is 3.13 bits per heavy atom. The van der Waals surface area contributed by atoms with Gasteiger partial charge in [-0.15, -0.1) is 0 Å². The van der Waals surface area contributed by atoms with Crippen molar-refractivity contribution in [3.8, 4) is 0 Å². The van der Waals surface area contributed by atoms with Crippen LogP contribution in [0.1, 0.15) is 5.56 Å². The molecule has 0 saturated heterocycles. The van der Waals surface area contributed by atoms with Crippen LogP contribution in [0.3, 0.4) is 0 Å². The Bertz CT molecular complexity index is 508. The molecule has 0 aliphatic carbocycles. The number of rotatable bonds is 2. The number of nitrogens with two attached hydrogens (primary N) is 1. The minimum atomic E-state index is -0.586. The lowest BCUT2D eigenvalue weighted by Gasteiger charge is -1.94. The molecule has 6 heteroatoms. The Morgan fingerprint density at radius 1 is 1.60 bits per heavy atom. The Labute approximate surface area is 90.6 Å². The number of fused-ring (bicyclic) bond motifs is 1. The summed E-state index contributed by atoms with van der Waals surface area (Å²) < 4.78 is 2.40. The first-order valence-corrected chi connectivity index (χ1v) is 5.15. The van der Waals surface area contributed by atoms with Crippen LogP contribution >= 0.6 is 11.9 Å². The van der Waals surface area contributed by atoms with Crippen molar-refractivity contribution >= 4 is 29.0 Å². The first-order valence-electron chi connectivity index (χ1n) is 4.34. The summed E-state index contributed by atoms with van der Waals surface area (Å²) >= 11 is 1.07. The SMILES string of the molecule is Cc1ccc2nc(SNC(N)=O)[nH]c2c1. The van der Waals surface area contributed by atoms with Gasteiger partial charge in [0.25, 0.3) is 0 Å². The van der Waals surface area contributed by atoms with Crippen molar-refractivity contribution in [1.82, 2.24) is 14.7 Å². The monoisotopic (exact) mass is 222 g/mol. The summed E-state index contributed by atoms with van der Waals surface area (Å²) in [6.07, 6.45) is 0. The zero-order valence-electron chi connectivity index (χ0n) is 8.07. The number of imidazole rings is 1. The maximum atomic E-state index is 10.5. The Morgan fingerprint density at radius 2 is 2.40 bits per heavy atom. The second-order valence-corrected chi connectivity index (χ2v) is 3.93. The molecule has 0 fully saturated rings. The van der Waals surface area contributed by atoms with Crippen LogP contribution < -0.4 is 10.5 Å². The number of carbonyl (C=O) groups excluding carboxylic acids is 1. The summed E-state index contributed by atoms with van der Waals surface area (Å²) in [6, 6.07) is 5.32. The molecule has 0 unspecified atom stereocenters. The van der Waals surface area contributed by atoms with Gasteiger partial charge in [0.2, 0.25) is 0 Å². The van der Waals surface area contributed by atoms with Gasteiger partial charge < -0.3 is 10.7 Å². The Kier molecular flexibility index (Phi) is 2.51. The van der Waals surface area contributed by atoms with Crippen molar-refractivity contribution in [3.05, 3.63) is 23.8 Å². The first kappa shape index (κ1) is 9.85. The molecule has 15 heavy (non-hydrogen) atoms. The van der Waals surface area contributed by atoms with E-state index in [2.05, 4.69) is 14.7 Å². The van der Waals surface area contributed by atoms with E-state index in [-0.39, 0.29) is 0 Å².